The molecule has 3 heteroatoms. The molecule has 0 bridgehead atoms. The van der Waals surface area contributed by atoms with Gasteiger partial charge in [-0.1, -0.05) is 26.3 Å². The maximum Gasteiger partial charge on any atom is 0.140 e. The number of hydrogen-bond acceptors (Lipinski definition) is 3. The Hall–Kier alpha value is -0.670. The van der Waals surface area contributed by atoms with Crippen molar-refractivity contribution < 1.29 is 14.6 Å². The molecule has 0 radical (unpaired) electrons. The van der Waals surface area contributed by atoms with Gasteiger partial charge in [0.15, 0.2) is 0 Å². The molecule has 0 aromatic carbocycles. The summed E-state index contributed by atoms with van der Waals surface area (Å²) in [6.07, 6.45) is 7.49. The highest BCUT2D eigenvalue weighted by Crippen LogP contribution is 2.64. The zero-order chi connectivity index (χ0) is 17.1. The van der Waals surface area contributed by atoms with Gasteiger partial charge in [-0.3, -0.25) is 4.79 Å². The Labute approximate surface area is 140 Å². The van der Waals surface area contributed by atoms with E-state index in [0.29, 0.717) is 12.3 Å². The van der Waals surface area contributed by atoms with Crippen LogP contribution in [0.1, 0.15) is 66.2 Å². The van der Waals surface area contributed by atoms with Crippen molar-refractivity contribution in [3.05, 3.63) is 12.7 Å². The molecular weight excluding hydrogens is 288 g/mol. The molecule has 2 unspecified atom stereocenters. The van der Waals surface area contributed by atoms with E-state index in [2.05, 4.69) is 34.3 Å². The molecule has 6 atom stereocenters. The molecule has 130 valence electrons. The topological polar surface area (TPSA) is 46.5 Å². The largest absolute Gasteiger partial charge is 0.396 e. The molecule has 1 heterocycles. The van der Waals surface area contributed by atoms with E-state index in [-0.39, 0.29) is 34.7 Å². The van der Waals surface area contributed by atoms with Crippen LogP contribution >= 0.6 is 0 Å². The highest BCUT2D eigenvalue weighted by Gasteiger charge is 2.65. The molecule has 3 fully saturated rings. The first-order valence-electron chi connectivity index (χ1n) is 9.10. The third-order valence-corrected chi connectivity index (χ3v) is 7.39. The second-order valence-electron chi connectivity index (χ2n) is 9.27. The standard InChI is InChI=1S/C20H32O3/c1-6-18(3)11-8-15-19(4)10-7-9-17(2,13-21)16(19)14(22)12-20(15,5)23-18/h6,15-16,21H,1,7-13H2,2-5H3/t15?,16-,17?,18-,19-,20-/m0/s1. The Morgan fingerprint density at radius 1 is 1.26 bits per heavy atom. The molecule has 0 spiro atoms. The van der Waals surface area contributed by atoms with E-state index < -0.39 is 5.60 Å². The van der Waals surface area contributed by atoms with Gasteiger partial charge in [-0.25, -0.2) is 0 Å². The maximum atomic E-state index is 13.2. The van der Waals surface area contributed by atoms with Crippen LogP contribution in [0.3, 0.4) is 0 Å². The van der Waals surface area contributed by atoms with Gasteiger partial charge >= 0.3 is 0 Å². The van der Waals surface area contributed by atoms with Crippen molar-refractivity contribution in [3.8, 4) is 0 Å². The summed E-state index contributed by atoms with van der Waals surface area (Å²) in [5, 5.41) is 10.0. The molecule has 3 rings (SSSR count). The minimum atomic E-state index is -0.406. The van der Waals surface area contributed by atoms with Gasteiger partial charge in [-0.15, -0.1) is 6.58 Å². The Balaban J connectivity index is 2.03. The number of aliphatic hydroxyl groups excluding tert-OH is 1. The van der Waals surface area contributed by atoms with Crippen LogP contribution in [0.25, 0.3) is 0 Å². The predicted molar refractivity (Wildman–Crippen MR) is 91.1 cm³/mol. The Bertz CT molecular complexity index is 529. The Morgan fingerprint density at radius 2 is 1.96 bits per heavy atom. The molecule has 1 N–H and O–H groups in total. The number of ketones is 1. The number of Topliss-reactive ketones (excluding diaryl/α,β-unsaturated/α-hetero) is 1. The Kier molecular flexibility index (Phi) is 3.85. The molecule has 2 aliphatic carbocycles. The van der Waals surface area contributed by atoms with Gasteiger partial charge in [-0.05, 0) is 50.9 Å². The summed E-state index contributed by atoms with van der Waals surface area (Å²) >= 11 is 0. The van der Waals surface area contributed by atoms with Crippen LogP contribution in [0.4, 0.5) is 0 Å². The zero-order valence-electron chi connectivity index (χ0n) is 15.2. The summed E-state index contributed by atoms with van der Waals surface area (Å²) in [7, 11) is 0. The average Bonchev–Trinajstić information content (AvgIpc) is 2.45. The fraction of sp³-hybridized carbons (Fsp3) is 0.850. The van der Waals surface area contributed by atoms with E-state index in [1.807, 2.05) is 6.08 Å². The second kappa shape index (κ2) is 5.16. The number of rotatable bonds is 2. The number of ether oxygens (including phenoxy) is 1. The van der Waals surface area contributed by atoms with Crippen molar-refractivity contribution in [2.45, 2.75) is 77.4 Å². The first-order chi connectivity index (χ1) is 10.6. The number of carbonyl (C=O) groups excluding carboxylic acids is 1. The fourth-order valence-electron chi connectivity index (χ4n) is 6.43. The molecule has 1 saturated heterocycles. The SMILES string of the molecule is C=C[C@@]1(C)CCC2[C@]3(C)CCCC(C)(CO)[C@@H]3C(=O)C[C@]2(C)O1. The molecule has 2 saturated carbocycles. The van der Waals surface area contributed by atoms with Crippen LogP contribution in [0.15, 0.2) is 12.7 Å². The highest BCUT2D eigenvalue weighted by atomic mass is 16.5. The van der Waals surface area contributed by atoms with Gasteiger partial charge in [0, 0.05) is 24.4 Å². The number of hydrogen-bond donors (Lipinski definition) is 1. The summed E-state index contributed by atoms with van der Waals surface area (Å²) in [5.74, 6) is 0.622. The van der Waals surface area contributed by atoms with E-state index in [1.165, 1.54) is 0 Å². The molecule has 3 nitrogen and oxygen atoms in total. The molecule has 1 aliphatic heterocycles. The lowest BCUT2D eigenvalue weighted by Crippen LogP contribution is -2.66. The lowest BCUT2D eigenvalue weighted by atomic mass is 9.44. The van der Waals surface area contributed by atoms with Gasteiger partial charge in [0.05, 0.1) is 11.2 Å². The van der Waals surface area contributed by atoms with Gasteiger partial charge in [0.25, 0.3) is 0 Å². The molecule has 0 amide bonds. The van der Waals surface area contributed by atoms with Crippen LogP contribution in [-0.2, 0) is 9.53 Å². The number of aliphatic hydroxyl groups is 1. The monoisotopic (exact) mass is 320 g/mol. The van der Waals surface area contributed by atoms with Crippen molar-refractivity contribution in [2.75, 3.05) is 6.61 Å². The third kappa shape index (κ3) is 2.34. The predicted octanol–water partition coefficient (Wildman–Crippen LogP) is 3.89. The van der Waals surface area contributed by atoms with E-state index in [4.69, 9.17) is 4.74 Å². The van der Waals surface area contributed by atoms with Crippen molar-refractivity contribution >= 4 is 5.78 Å². The van der Waals surface area contributed by atoms with Gasteiger partial charge in [0.1, 0.15) is 5.78 Å². The first-order valence-corrected chi connectivity index (χ1v) is 9.10. The summed E-state index contributed by atoms with van der Waals surface area (Å²) in [5.41, 5.74) is -1.08. The lowest BCUT2D eigenvalue weighted by Gasteiger charge is -2.64. The first kappa shape index (κ1) is 17.2. The quantitative estimate of drug-likeness (QED) is 0.785. The normalized spacial score (nSPS) is 53.3. The second-order valence-corrected chi connectivity index (χ2v) is 9.27. The molecule has 0 aromatic rings. The van der Waals surface area contributed by atoms with Gasteiger partial charge < -0.3 is 9.84 Å². The van der Waals surface area contributed by atoms with Crippen molar-refractivity contribution in [3.63, 3.8) is 0 Å². The minimum absolute atomic E-state index is 0.0384. The van der Waals surface area contributed by atoms with Gasteiger partial charge in [0.2, 0.25) is 0 Å². The molecular formula is C20H32O3. The fourth-order valence-corrected chi connectivity index (χ4v) is 6.43. The molecule has 23 heavy (non-hydrogen) atoms. The minimum Gasteiger partial charge on any atom is -0.396 e. The Morgan fingerprint density at radius 3 is 2.57 bits per heavy atom. The van der Waals surface area contributed by atoms with Crippen LogP contribution < -0.4 is 0 Å². The van der Waals surface area contributed by atoms with Crippen LogP contribution in [0.5, 0.6) is 0 Å². The summed E-state index contributed by atoms with van der Waals surface area (Å²) in [4.78, 5) is 13.2. The smallest absolute Gasteiger partial charge is 0.140 e. The van der Waals surface area contributed by atoms with Crippen LogP contribution in [-0.4, -0.2) is 28.7 Å². The summed E-state index contributed by atoms with van der Waals surface area (Å²) < 4.78 is 6.50. The van der Waals surface area contributed by atoms with Crippen LogP contribution in [0, 0.1) is 22.7 Å². The van der Waals surface area contributed by atoms with Crippen molar-refractivity contribution in [1.82, 2.24) is 0 Å². The number of fused-ring (bicyclic) bond motifs is 3. The summed E-state index contributed by atoms with van der Waals surface area (Å²) in [6.45, 7) is 12.6. The van der Waals surface area contributed by atoms with E-state index in [0.717, 1.165) is 32.1 Å². The van der Waals surface area contributed by atoms with Crippen molar-refractivity contribution in [2.24, 2.45) is 22.7 Å². The number of carbonyl (C=O) groups is 1. The van der Waals surface area contributed by atoms with Gasteiger partial charge in [-0.2, -0.15) is 0 Å². The average molecular weight is 320 g/mol. The zero-order valence-corrected chi connectivity index (χ0v) is 15.2. The van der Waals surface area contributed by atoms with E-state index >= 15 is 0 Å². The highest BCUT2D eigenvalue weighted by molar-refractivity contribution is 5.85. The van der Waals surface area contributed by atoms with Crippen LogP contribution in [0.2, 0.25) is 0 Å². The summed E-state index contributed by atoms with van der Waals surface area (Å²) in [6, 6.07) is 0. The van der Waals surface area contributed by atoms with E-state index in [1.54, 1.807) is 0 Å². The third-order valence-electron chi connectivity index (χ3n) is 7.39. The maximum absolute atomic E-state index is 13.2. The lowest BCUT2D eigenvalue weighted by molar-refractivity contribution is -0.246. The molecule has 0 aromatic heterocycles. The molecule has 3 aliphatic rings. The van der Waals surface area contributed by atoms with E-state index in [9.17, 15) is 9.90 Å². The van der Waals surface area contributed by atoms with Crippen molar-refractivity contribution in [1.29, 1.82) is 0 Å².